The minimum atomic E-state index is -0.313. The summed E-state index contributed by atoms with van der Waals surface area (Å²) in [5.41, 5.74) is 6.25. The van der Waals surface area contributed by atoms with E-state index in [0.717, 1.165) is 0 Å². The second-order valence-corrected chi connectivity index (χ2v) is 10.6. The Hall–Kier alpha value is -3.82. The molecule has 0 saturated carbocycles. The maximum absolute atomic E-state index is 12.2. The van der Waals surface area contributed by atoms with Crippen LogP contribution in [0.5, 0.6) is 23.0 Å². The van der Waals surface area contributed by atoms with Crippen molar-refractivity contribution in [1.29, 1.82) is 0 Å². The highest BCUT2D eigenvalue weighted by molar-refractivity contribution is 8.03. The van der Waals surface area contributed by atoms with E-state index in [2.05, 4.69) is 31.3 Å². The number of hydrazone groups is 2. The summed E-state index contributed by atoms with van der Waals surface area (Å²) in [5.74, 6) is 1.72. The molecule has 0 aliphatic carbocycles. The molecule has 0 saturated heterocycles. The van der Waals surface area contributed by atoms with E-state index in [0.29, 0.717) is 42.8 Å². The molecular formula is C24H26N6O6S3. The topological polar surface area (TPSA) is 146 Å². The lowest BCUT2D eigenvalue weighted by Gasteiger charge is -2.09. The second-order valence-electron chi connectivity index (χ2n) is 7.16. The monoisotopic (exact) mass is 590 g/mol. The van der Waals surface area contributed by atoms with Crippen LogP contribution in [0.2, 0.25) is 0 Å². The number of nitrogens with one attached hydrogen (secondary N) is 2. The van der Waals surface area contributed by atoms with Gasteiger partial charge in [-0.15, -0.1) is 10.2 Å². The average Bonchev–Trinajstić information content (AvgIpc) is 3.42. The first-order chi connectivity index (χ1) is 19.0. The number of hydrogen-bond donors (Lipinski definition) is 2. The summed E-state index contributed by atoms with van der Waals surface area (Å²) >= 11 is 3.71. The molecule has 0 spiro atoms. The number of para-hydroxylation sites is 2. The zero-order chi connectivity index (χ0) is 28.0. The van der Waals surface area contributed by atoms with Crippen molar-refractivity contribution >= 4 is 59.1 Å². The van der Waals surface area contributed by atoms with E-state index in [1.165, 1.54) is 61.5 Å². The van der Waals surface area contributed by atoms with Crippen LogP contribution in [-0.4, -0.2) is 74.4 Å². The Morgan fingerprint density at radius 3 is 1.59 bits per heavy atom. The maximum Gasteiger partial charge on any atom is 0.250 e. The van der Waals surface area contributed by atoms with E-state index in [1.54, 1.807) is 50.6 Å². The molecule has 0 fully saturated rings. The van der Waals surface area contributed by atoms with Crippen molar-refractivity contribution in [3.63, 3.8) is 0 Å². The number of methoxy groups -OCH3 is 4. The van der Waals surface area contributed by atoms with Crippen LogP contribution in [0.3, 0.4) is 0 Å². The number of nitrogens with zero attached hydrogens (tertiary/aromatic N) is 4. The molecule has 0 atom stereocenters. The first-order valence-corrected chi connectivity index (χ1v) is 13.9. The van der Waals surface area contributed by atoms with Gasteiger partial charge in [0.25, 0.3) is 11.8 Å². The fourth-order valence-electron chi connectivity index (χ4n) is 3.01. The molecule has 39 heavy (non-hydrogen) atoms. The molecule has 2 N–H and O–H groups in total. The zero-order valence-corrected chi connectivity index (χ0v) is 23.9. The minimum absolute atomic E-state index is 0.0921. The van der Waals surface area contributed by atoms with Gasteiger partial charge in [0.05, 0.1) is 52.4 Å². The fourth-order valence-corrected chi connectivity index (χ4v) is 5.61. The van der Waals surface area contributed by atoms with Gasteiger partial charge in [-0.1, -0.05) is 47.0 Å². The third kappa shape index (κ3) is 8.87. The van der Waals surface area contributed by atoms with Gasteiger partial charge in [-0.3, -0.25) is 9.59 Å². The summed E-state index contributed by atoms with van der Waals surface area (Å²) in [7, 11) is 6.14. The van der Waals surface area contributed by atoms with Crippen LogP contribution in [0.1, 0.15) is 11.1 Å². The van der Waals surface area contributed by atoms with Crippen molar-refractivity contribution < 1.29 is 28.5 Å². The number of carbonyl (C=O) groups is 2. The maximum atomic E-state index is 12.2. The van der Waals surface area contributed by atoms with Gasteiger partial charge in [-0.2, -0.15) is 10.2 Å². The third-order valence-electron chi connectivity index (χ3n) is 4.69. The molecule has 0 aliphatic rings. The second kappa shape index (κ2) is 15.6. The molecule has 206 valence electrons. The number of thioether (sulfide) groups is 2. The van der Waals surface area contributed by atoms with E-state index in [4.69, 9.17) is 18.9 Å². The molecule has 3 rings (SSSR count). The lowest BCUT2D eigenvalue weighted by Crippen LogP contribution is -2.19. The van der Waals surface area contributed by atoms with Crippen LogP contribution in [0, 0.1) is 0 Å². The molecule has 15 heteroatoms. The summed E-state index contributed by atoms with van der Waals surface area (Å²) < 4.78 is 22.3. The number of rotatable bonds is 14. The Balaban J connectivity index is 1.41. The Morgan fingerprint density at radius 2 is 1.21 bits per heavy atom. The SMILES string of the molecule is COc1cccc(/C=N/NC(=O)CSc2nnc(SCC(=O)N/N=C/c3cccc(OC)c3OC)s2)c1OC. The summed E-state index contributed by atoms with van der Waals surface area (Å²) in [5, 5.41) is 16.0. The first kappa shape index (κ1) is 29.7. The summed E-state index contributed by atoms with van der Waals surface area (Å²) in [6.45, 7) is 0. The van der Waals surface area contributed by atoms with Crippen molar-refractivity contribution in [2.24, 2.45) is 10.2 Å². The summed E-state index contributed by atoms with van der Waals surface area (Å²) in [6, 6.07) is 10.7. The van der Waals surface area contributed by atoms with E-state index in [1.807, 2.05) is 0 Å². The van der Waals surface area contributed by atoms with Crippen LogP contribution >= 0.6 is 34.9 Å². The number of ether oxygens (including phenoxy) is 4. The van der Waals surface area contributed by atoms with Crippen LogP contribution in [0.15, 0.2) is 55.3 Å². The Kier molecular flexibility index (Phi) is 11.9. The molecule has 0 aliphatic heterocycles. The molecular weight excluding hydrogens is 565 g/mol. The minimum Gasteiger partial charge on any atom is -0.493 e. The van der Waals surface area contributed by atoms with Crippen LogP contribution in [0.25, 0.3) is 0 Å². The normalized spacial score (nSPS) is 11.0. The molecule has 0 bridgehead atoms. The van der Waals surface area contributed by atoms with Crippen LogP contribution in [-0.2, 0) is 9.59 Å². The Labute approximate surface area is 237 Å². The van der Waals surface area contributed by atoms with Crippen LogP contribution < -0.4 is 29.8 Å². The standard InChI is InChI=1S/C24H26N6O6S3/c1-33-17-9-5-7-15(21(17)35-3)11-25-27-19(31)13-37-23-29-30-24(39-23)38-14-20(32)28-26-12-16-8-6-10-18(34-2)22(16)36-4/h5-12H,13-14H2,1-4H3,(H,27,31)(H,28,32)/b25-11+,26-12+. The summed E-state index contributed by atoms with van der Waals surface area (Å²) in [4.78, 5) is 24.3. The largest absolute Gasteiger partial charge is 0.493 e. The van der Waals surface area contributed by atoms with Crippen LogP contribution in [0.4, 0.5) is 0 Å². The van der Waals surface area contributed by atoms with E-state index in [9.17, 15) is 9.59 Å². The number of aromatic nitrogens is 2. The van der Waals surface area contributed by atoms with E-state index in [-0.39, 0.29) is 23.3 Å². The van der Waals surface area contributed by atoms with Crippen molar-refractivity contribution in [2.45, 2.75) is 8.68 Å². The fraction of sp³-hybridized carbons (Fsp3) is 0.250. The third-order valence-corrected chi connectivity index (χ3v) is 7.88. The number of hydrogen-bond acceptors (Lipinski definition) is 13. The van der Waals surface area contributed by atoms with Gasteiger partial charge in [0, 0.05) is 11.1 Å². The molecule has 12 nitrogen and oxygen atoms in total. The van der Waals surface area contributed by atoms with Gasteiger partial charge < -0.3 is 18.9 Å². The predicted molar refractivity (Wildman–Crippen MR) is 152 cm³/mol. The Bertz CT molecular complexity index is 1240. The Morgan fingerprint density at radius 1 is 0.769 bits per heavy atom. The van der Waals surface area contributed by atoms with Crippen molar-refractivity contribution in [3.05, 3.63) is 47.5 Å². The number of benzene rings is 2. The predicted octanol–water partition coefficient (Wildman–Crippen LogP) is 3.06. The first-order valence-electron chi connectivity index (χ1n) is 11.1. The highest BCUT2D eigenvalue weighted by Gasteiger charge is 2.12. The lowest BCUT2D eigenvalue weighted by molar-refractivity contribution is -0.119. The molecule has 0 unspecified atom stereocenters. The van der Waals surface area contributed by atoms with Crippen molar-refractivity contribution in [3.8, 4) is 23.0 Å². The number of amides is 2. The van der Waals surface area contributed by atoms with Crippen molar-refractivity contribution in [2.75, 3.05) is 39.9 Å². The smallest absolute Gasteiger partial charge is 0.250 e. The quantitative estimate of drug-likeness (QED) is 0.163. The lowest BCUT2D eigenvalue weighted by atomic mass is 10.2. The number of carbonyl (C=O) groups excluding carboxylic acids is 2. The van der Waals surface area contributed by atoms with Gasteiger partial charge in [0.2, 0.25) is 0 Å². The van der Waals surface area contributed by atoms with Gasteiger partial charge in [-0.25, -0.2) is 10.9 Å². The van der Waals surface area contributed by atoms with Gasteiger partial charge in [-0.05, 0) is 24.3 Å². The molecule has 0 radical (unpaired) electrons. The van der Waals surface area contributed by atoms with Gasteiger partial charge >= 0.3 is 0 Å². The highest BCUT2D eigenvalue weighted by Crippen LogP contribution is 2.31. The van der Waals surface area contributed by atoms with Gasteiger partial charge in [0.1, 0.15) is 0 Å². The average molecular weight is 591 g/mol. The molecule has 1 heterocycles. The van der Waals surface area contributed by atoms with E-state index >= 15 is 0 Å². The molecule has 1 aromatic heterocycles. The van der Waals surface area contributed by atoms with Gasteiger partial charge in [0.15, 0.2) is 31.7 Å². The molecule has 2 aromatic carbocycles. The van der Waals surface area contributed by atoms with Crippen molar-refractivity contribution in [1.82, 2.24) is 21.0 Å². The summed E-state index contributed by atoms with van der Waals surface area (Å²) in [6.07, 6.45) is 2.96. The zero-order valence-electron chi connectivity index (χ0n) is 21.5. The highest BCUT2D eigenvalue weighted by atomic mass is 32.2. The molecule has 2 amide bonds. The van der Waals surface area contributed by atoms with E-state index < -0.39 is 0 Å². The molecule has 3 aromatic rings.